The first-order valence-corrected chi connectivity index (χ1v) is 12.0. The molecule has 1 amide bonds. The Kier molecular flexibility index (Phi) is 6.92. The van der Waals surface area contributed by atoms with E-state index < -0.39 is 0 Å². The number of hydrogen-bond donors (Lipinski definition) is 4. The van der Waals surface area contributed by atoms with Crippen molar-refractivity contribution < 1.29 is 4.79 Å². The molecule has 12 heteroatoms. The third kappa shape index (κ3) is 5.00. The fraction of sp³-hybridized carbons (Fsp3) is 0.429. The summed E-state index contributed by atoms with van der Waals surface area (Å²) in [5.74, 6) is 2.43. The van der Waals surface area contributed by atoms with Crippen LogP contribution >= 0.6 is 11.8 Å². The molecule has 0 aliphatic carbocycles. The van der Waals surface area contributed by atoms with Crippen LogP contribution in [0.25, 0.3) is 16.8 Å². The van der Waals surface area contributed by atoms with Gasteiger partial charge in [0, 0.05) is 13.1 Å². The Morgan fingerprint density at radius 3 is 2.61 bits per heavy atom. The highest BCUT2D eigenvalue weighted by atomic mass is 32.2. The lowest BCUT2D eigenvalue weighted by atomic mass is 10.0. The molecule has 0 bridgehead atoms. The maximum atomic E-state index is 12.8. The number of amides is 1. The number of imidazole rings is 1. The zero-order valence-corrected chi connectivity index (χ0v) is 19.9. The lowest BCUT2D eigenvalue weighted by Gasteiger charge is -2.20. The summed E-state index contributed by atoms with van der Waals surface area (Å²) in [4.78, 5) is 29.7. The summed E-state index contributed by atoms with van der Waals surface area (Å²) in [7, 11) is 0. The molecule has 11 nitrogen and oxygen atoms in total. The summed E-state index contributed by atoms with van der Waals surface area (Å²) in [5, 5.41) is 18.3. The van der Waals surface area contributed by atoms with Crippen molar-refractivity contribution in [3.63, 3.8) is 0 Å². The van der Waals surface area contributed by atoms with Gasteiger partial charge in [0.2, 0.25) is 17.8 Å². The van der Waals surface area contributed by atoms with Gasteiger partial charge in [-0.3, -0.25) is 4.79 Å². The molecular weight excluding hydrogens is 440 g/mol. The molecule has 0 aliphatic heterocycles. The molecule has 3 heterocycles. The van der Waals surface area contributed by atoms with Crippen LogP contribution in [0.1, 0.15) is 39.6 Å². The van der Waals surface area contributed by atoms with Crippen molar-refractivity contribution in [1.29, 1.82) is 0 Å². The van der Waals surface area contributed by atoms with Gasteiger partial charge in [-0.1, -0.05) is 37.7 Å². The van der Waals surface area contributed by atoms with Crippen molar-refractivity contribution in [3.05, 3.63) is 30.1 Å². The van der Waals surface area contributed by atoms with Gasteiger partial charge in [0.25, 0.3) is 5.78 Å². The number of nitrogens with one attached hydrogen (secondary N) is 4. The molecule has 0 saturated carbocycles. The molecule has 4 rings (SSSR count). The van der Waals surface area contributed by atoms with Crippen molar-refractivity contribution in [2.75, 3.05) is 29.5 Å². The third-order valence-electron chi connectivity index (χ3n) is 4.93. The standard InChI is InChI=1S/C21H28N10OS/c1-5-22-18-27-19(23-6-2)31-20(28-18)29-30-21(31)33-11-15(32)26-16(12(3)4)17-24-13-9-7-8-10-14(13)25-17/h7-10,12,16H,5-6,11H2,1-4H3,(H,24,25)(H,26,32)(H2,22,23,27,28,29)/t16-/m1/s1. The van der Waals surface area contributed by atoms with Crippen LogP contribution in [0, 0.1) is 5.92 Å². The van der Waals surface area contributed by atoms with Crippen LogP contribution in [0.5, 0.6) is 0 Å². The van der Waals surface area contributed by atoms with Crippen molar-refractivity contribution in [2.24, 2.45) is 5.92 Å². The highest BCUT2D eigenvalue weighted by Gasteiger charge is 2.23. The lowest BCUT2D eigenvalue weighted by Crippen LogP contribution is -2.33. The average Bonchev–Trinajstić information content (AvgIpc) is 3.40. The Bertz CT molecular complexity index is 1220. The molecule has 1 aromatic carbocycles. The number of para-hydroxylation sites is 2. The van der Waals surface area contributed by atoms with Gasteiger partial charge in [-0.25, -0.2) is 9.38 Å². The lowest BCUT2D eigenvalue weighted by molar-refractivity contribution is -0.119. The second-order valence-electron chi connectivity index (χ2n) is 7.77. The minimum absolute atomic E-state index is 0.119. The molecule has 0 aliphatic rings. The highest BCUT2D eigenvalue weighted by Crippen LogP contribution is 2.24. The smallest absolute Gasteiger partial charge is 0.261 e. The topological polar surface area (TPSA) is 138 Å². The van der Waals surface area contributed by atoms with Crippen LogP contribution in [-0.2, 0) is 4.79 Å². The van der Waals surface area contributed by atoms with Gasteiger partial charge in [0.15, 0.2) is 5.16 Å². The van der Waals surface area contributed by atoms with Gasteiger partial charge >= 0.3 is 0 Å². The van der Waals surface area contributed by atoms with E-state index in [-0.39, 0.29) is 23.6 Å². The number of anilines is 2. The van der Waals surface area contributed by atoms with Gasteiger partial charge in [0.1, 0.15) is 5.82 Å². The predicted molar refractivity (Wildman–Crippen MR) is 129 cm³/mol. The van der Waals surface area contributed by atoms with Crippen LogP contribution < -0.4 is 16.0 Å². The first-order valence-electron chi connectivity index (χ1n) is 11.0. The molecule has 4 N–H and O–H groups in total. The number of hydrogen-bond acceptors (Lipinski definition) is 9. The molecule has 1 atom stereocenters. The van der Waals surface area contributed by atoms with E-state index in [0.717, 1.165) is 16.9 Å². The van der Waals surface area contributed by atoms with Gasteiger partial charge in [-0.15, -0.1) is 10.2 Å². The average molecular weight is 469 g/mol. The Balaban J connectivity index is 1.49. The molecule has 0 unspecified atom stereocenters. The molecule has 0 saturated heterocycles. The summed E-state index contributed by atoms with van der Waals surface area (Å²) in [6.45, 7) is 9.43. The van der Waals surface area contributed by atoms with E-state index in [1.54, 1.807) is 4.40 Å². The highest BCUT2D eigenvalue weighted by molar-refractivity contribution is 7.99. The Morgan fingerprint density at radius 1 is 1.09 bits per heavy atom. The Morgan fingerprint density at radius 2 is 1.88 bits per heavy atom. The van der Waals surface area contributed by atoms with E-state index in [4.69, 9.17) is 0 Å². The summed E-state index contributed by atoms with van der Waals surface area (Å²) in [6, 6.07) is 7.60. The quantitative estimate of drug-likeness (QED) is 0.259. The van der Waals surface area contributed by atoms with E-state index in [2.05, 4.69) is 59.9 Å². The van der Waals surface area contributed by atoms with Crippen molar-refractivity contribution in [1.82, 2.24) is 39.9 Å². The van der Waals surface area contributed by atoms with Crippen molar-refractivity contribution in [2.45, 2.75) is 38.9 Å². The van der Waals surface area contributed by atoms with Crippen LogP contribution in [-0.4, -0.2) is 59.3 Å². The van der Waals surface area contributed by atoms with Gasteiger partial charge in [-0.05, 0) is 31.9 Å². The number of rotatable bonds is 10. The SMILES string of the molecule is CCNc1nc(NCC)n2c(SCC(=O)N[C@@H](c3nc4ccccc4[nH]3)C(C)C)nnc2n1. The minimum Gasteiger partial charge on any atom is -0.355 e. The third-order valence-corrected chi connectivity index (χ3v) is 5.86. The number of benzene rings is 1. The van der Waals surface area contributed by atoms with E-state index in [1.165, 1.54) is 11.8 Å². The monoisotopic (exact) mass is 468 g/mol. The molecule has 174 valence electrons. The number of carbonyl (C=O) groups excluding carboxylic acids is 1. The molecule has 4 aromatic rings. The van der Waals surface area contributed by atoms with Crippen LogP contribution in [0.3, 0.4) is 0 Å². The van der Waals surface area contributed by atoms with Gasteiger partial charge in [-0.2, -0.15) is 9.97 Å². The van der Waals surface area contributed by atoms with Gasteiger partial charge in [0.05, 0.1) is 22.8 Å². The number of H-pyrrole nitrogens is 1. The maximum Gasteiger partial charge on any atom is 0.261 e. The van der Waals surface area contributed by atoms with Crippen molar-refractivity contribution >= 4 is 46.4 Å². The van der Waals surface area contributed by atoms with E-state index >= 15 is 0 Å². The second-order valence-corrected chi connectivity index (χ2v) is 8.71. The van der Waals surface area contributed by atoms with E-state index in [9.17, 15) is 4.79 Å². The van der Waals surface area contributed by atoms with Crippen LogP contribution in [0.15, 0.2) is 29.4 Å². The summed E-state index contributed by atoms with van der Waals surface area (Å²) in [6.07, 6.45) is 0. The first-order chi connectivity index (χ1) is 16.0. The Labute approximate surface area is 195 Å². The van der Waals surface area contributed by atoms with Crippen LogP contribution in [0.4, 0.5) is 11.9 Å². The summed E-state index contributed by atoms with van der Waals surface area (Å²) in [5.41, 5.74) is 1.83. The van der Waals surface area contributed by atoms with Crippen molar-refractivity contribution in [3.8, 4) is 0 Å². The van der Waals surface area contributed by atoms with E-state index in [1.807, 2.05) is 38.1 Å². The Hall–Kier alpha value is -3.41. The molecular formula is C21H28N10OS. The minimum atomic E-state index is -0.232. The second kappa shape index (κ2) is 10.0. The van der Waals surface area contributed by atoms with E-state index in [0.29, 0.717) is 35.9 Å². The molecule has 3 aromatic heterocycles. The number of aromatic amines is 1. The van der Waals surface area contributed by atoms with Crippen LogP contribution in [0.2, 0.25) is 0 Å². The number of aromatic nitrogens is 7. The molecule has 33 heavy (non-hydrogen) atoms. The zero-order chi connectivity index (χ0) is 23.4. The fourth-order valence-electron chi connectivity index (χ4n) is 3.41. The largest absolute Gasteiger partial charge is 0.355 e. The maximum absolute atomic E-state index is 12.8. The number of thioether (sulfide) groups is 1. The number of nitrogens with zero attached hydrogens (tertiary/aromatic N) is 6. The zero-order valence-electron chi connectivity index (χ0n) is 19.1. The number of fused-ring (bicyclic) bond motifs is 2. The summed E-state index contributed by atoms with van der Waals surface area (Å²) >= 11 is 1.28. The molecule has 0 fully saturated rings. The summed E-state index contributed by atoms with van der Waals surface area (Å²) < 4.78 is 1.72. The van der Waals surface area contributed by atoms with Gasteiger partial charge < -0.3 is 20.9 Å². The number of carbonyl (C=O) groups is 1. The normalized spacial score (nSPS) is 12.4. The fourth-order valence-corrected chi connectivity index (χ4v) is 4.15. The molecule has 0 spiro atoms. The molecule has 0 radical (unpaired) electrons. The first kappa shape index (κ1) is 22.8. The predicted octanol–water partition coefficient (Wildman–Crippen LogP) is 2.86.